The van der Waals surface area contributed by atoms with E-state index in [0.29, 0.717) is 0 Å². The first-order valence-electron chi connectivity index (χ1n) is 6.74. The van der Waals surface area contributed by atoms with Gasteiger partial charge in [0.2, 0.25) is 0 Å². The molecule has 0 aromatic heterocycles. The lowest BCUT2D eigenvalue weighted by Crippen LogP contribution is -1.93. The van der Waals surface area contributed by atoms with Crippen LogP contribution in [0.25, 0.3) is 10.8 Å². The van der Waals surface area contributed by atoms with Crippen LogP contribution in [-0.2, 0) is 19.3 Å². The Balaban J connectivity index is 2.70. The minimum atomic E-state index is 1.12. The molecule has 0 amide bonds. The monoisotopic (exact) mass is 226 g/mol. The van der Waals surface area contributed by atoms with Crippen LogP contribution in [0.5, 0.6) is 0 Å². The van der Waals surface area contributed by atoms with E-state index in [0.717, 1.165) is 19.3 Å². The Hall–Kier alpha value is -1.30. The minimum Gasteiger partial charge on any atom is -0.0613 e. The molecule has 0 aliphatic rings. The summed E-state index contributed by atoms with van der Waals surface area (Å²) < 4.78 is 0. The Kier molecular flexibility index (Phi) is 3.51. The van der Waals surface area contributed by atoms with Gasteiger partial charge in [-0.05, 0) is 59.2 Å². The average molecular weight is 226 g/mol. The van der Waals surface area contributed by atoms with E-state index in [2.05, 4.69) is 52.0 Å². The molecule has 0 heterocycles. The van der Waals surface area contributed by atoms with Gasteiger partial charge in [0.15, 0.2) is 0 Å². The van der Waals surface area contributed by atoms with Crippen LogP contribution in [0.1, 0.15) is 43.0 Å². The van der Waals surface area contributed by atoms with Crippen molar-refractivity contribution in [2.24, 2.45) is 0 Å². The van der Waals surface area contributed by atoms with Gasteiger partial charge in [0.1, 0.15) is 0 Å². The van der Waals surface area contributed by atoms with Crippen molar-refractivity contribution in [2.75, 3.05) is 0 Å². The normalized spacial score (nSPS) is 11.1. The zero-order valence-corrected chi connectivity index (χ0v) is 11.4. The molecule has 0 unspecified atom stereocenters. The number of rotatable bonds is 3. The number of hydrogen-bond acceptors (Lipinski definition) is 0. The van der Waals surface area contributed by atoms with Crippen LogP contribution in [-0.4, -0.2) is 0 Å². The van der Waals surface area contributed by atoms with Gasteiger partial charge in [-0.3, -0.25) is 0 Å². The Morgan fingerprint density at radius 1 is 0.647 bits per heavy atom. The van der Waals surface area contributed by atoms with Crippen LogP contribution >= 0.6 is 0 Å². The standard InChI is InChI=1S/C17H22/c1-5-13-9-17-11-15(7-3)14(6-2)10-16(17)8-12(13)4/h8-11H,5-7H2,1-4H3. The molecule has 0 radical (unpaired) electrons. The van der Waals surface area contributed by atoms with E-state index in [-0.39, 0.29) is 0 Å². The van der Waals surface area contributed by atoms with Crippen molar-refractivity contribution >= 4 is 10.8 Å². The van der Waals surface area contributed by atoms with Crippen LogP contribution in [0, 0.1) is 6.92 Å². The van der Waals surface area contributed by atoms with Crippen molar-refractivity contribution in [1.29, 1.82) is 0 Å². The van der Waals surface area contributed by atoms with Crippen LogP contribution in [0.2, 0.25) is 0 Å². The largest absolute Gasteiger partial charge is 0.0613 e. The Morgan fingerprint density at radius 3 is 1.53 bits per heavy atom. The summed E-state index contributed by atoms with van der Waals surface area (Å²) in [6.07, 6.45) is 3.39. The number of fused-ring (bicyclic) bond motifs is 1. The van der Waals surface area contributed by atoms with Gasteiger partial charge in [-0.1, -0.05) is 45.0 Å². The minimum absolute atomic E-state index is 1.12. The Morgan fingerprint density at radius 2 is 1.06 bits per heavy atom. The third kappa shape index (κ3) is 2.22. The van der Waals surface area contributed by atoms with E-state index in [1.807, 2.05) is 0 Å². The summed E-state index contributed by atoms with van der Waals surface area (Å²) in [6.45, 7) is 8.94. The fourth-order valence-corrected chi connectivity index (χ4v) is 2.64. The van der Waals surface area contributed by atoms with E-state index in [1.54, 1.807) is 0 Å². The molecule has 2 aromatic carbocycles. The Labute approximate surface area is 105 Å². The molecule has 0 aliphatic carbocycles. The predicted molar refractivity (Wildman–Crippen MR) is 76.8 cm³/mol. The summed E-state index contributed by atoms with van der Waals surface area (Å²) in [7, 11) is 0. The van der Waals surface area contributed by atoms with Gasteiger partial charge in [-0.15, -0.1) is 0 Å². The highest BCUT2D eigenvalue weighted by molar-refractivity contribution is 5.85. The lowest BCUT2D eigenvalue weighted by molar-refractivity contribution is 1.04. The smallest absolute Gasteiger partial charge is 0.0178 e. The summed E-state index contributed by atoms with van der Waals surface area (Å²) in [5, 5.41) is 2.80. The number of aryl methyl sites for hydroxylation is 4. The SMILES string of the molecule is CCc1cc2cc(CC)c(CC)cc2cc1C. The fraction of sp³-hybridized carbons (Fsp3) is 0.412. The molecule has 0 spiro atoms. The molecule has 0 saturated heterocycles. The van der Waals surface area contributed by atoms with Crippen LogP contribution in [0.3, 0.4) is 0 Å². The molecule has 0 heteroatoms. The third-order valence-electron chi connectivity index (χ3n) is 3.76. The molecular weight excluding hydrogens is 204 g/mol. The van der Waals surface area contributed by atoms with E-state index < -0.39 is 0 Å². The van der Waals surface area contributed by atoms with Crippen molar-refractivity contribution in [3.8, 4) is 0 Å². The van der Waals surface area contributed by atoms with E-state index in [4.69, 9.17) is 0 Å². The summed E-state index contributed by atoms with van der Waals surface area (Å²) in [4.78, 5) is 0. The lowest BCUT2D eigenvalue weighted by atomic mass is 9.94. The molecule has 0 fully saturated rings. The molecule has 17 heavy (non-hydrogen) atoms. The molecule has 2 aromatic rings. The first-order valence-corrected chi connectivity index (χ1v) is 6.74. The van der Waals surface area contributed by atoms with Gasteiger partial charge in [0, 0.05) is 0 Å². The maximum absolute atomic E-state index is 2.38. The van der Waals surface area contributed by atoms with E-state index >= 15 is 0 Å². The van der Waals surface area contributed by atoms with E-state index in [1.165, 1.54) is 33.0 Å². The predicted octanol–water partition coefficient (Wildman–Crippen LogP) is 4.84. The number of benzene rings is 2. The second-order valence-electron chi connectivity index (χ2n) is 4.81. The average Bonchev–Trinajstić information content (AvgIpc) is 2.36. The van der Waals surface area contributed by atoms with Gasteiger partial charge < -0.3 is 0 Å². The third-order valence-corrected chi connectivity index (χ3v) is 3.76. The molecule has 0 bridgehead atoms. The molecule has 90 valence electrons. The summed E-state index contributed by atoms with van der Waals surface area (Å²) in [5.74, 6) is 0. The summed E-state index contributed by atoms with van der Waals surface area (Å²) in [5.41, 5.74) is 5.91. The Bertz CT molecular complexity index is 535. The molecule has 2 rings (SSSR count). The quantitative estimate of drug-likeness (QED) is 0.703. The summed E-state index contributed by atoms with van der Waals surface area (Å²) >= 11 is 0. The maximum atomic E-state index is 2.38. The first-order chi connectivity index (χ1) is 8.19. The van der Waals surface area contributed by atoms with Crippen LogP contribution in [0.15, 0.2) is 24.3 Å². The molecule has 0 N–H and O–H groups in total. The second-order valence-corrected chi connectivity index (χ2v) is 4.81. The van der Waals surface area contributed by atoms with Crippen molar-refractivity contribution in [3.63, 3.8) is 0 Å². The van der Waals surface area contributed by atoms with Crippen LogP contribution < -0.4 is 0 Å². The van der Waals surface area contributed by atoms with E-state index in [9.17, 15) is 0 Å². The lowest BCUT2D eigenvalue weighted by Gasteiger charge is -2.11. The maximum Gasteiger partial charge on any atom is -0.0178 e. The van der Waals surface area contributed by atoms with Crippen molar-refractivity contribution in [3.05, 3.63) is 46.5 Å². The van der Waals surface area contributed by atoms with Gasteiger partial charge >= 0.3 is 0 Å². The second kappa shape index (κ2) is 4.91. The fourth-order valence-electron chi connectivity index (χ4n) is 2.64. The van der Waals surface area contributed by atoms with Gasteiger partial charge in [0.05, 0.1) is 0 Å². The van der Waals surface area contributed by atoms with Crippen molar-refractivity contribution < 1.29 is 0 Å². The first kappa shape index (κ1) is 12.2. The molecule has 0 atom stereocenters. The zero-order valence-electron chi connectivity index (χ0n) is 11.4. The van der Waals surface area contributed by atoms with Gasteiger partial charge in [-0.2, -0.15) is 0 Å². The molecule has 0 nitrogen and oxygen atoms in total. The number of hydrogen-bond donors (Lipinski definition) is 0. The molecule has 0 aliphatic heterocycles. The van der Waals surface area contributed by atoms with Crippen molar-refractivity contribution in [2.45, 2.75) is 47.0 Å². The van der Waals surface area contributed by atoms with Gasteiger partial charge in [-0.25, -0.2) is 0 Å². The highest BCUT2D eigenvalue weighted by atomic mass is 14.1. The highest BCUT2D eigenvalue weighted by Gasteiger charge is 2.05. The highest BCUT2D eigenvalue weighted by Crippen LogP contribution is 2.25. The molecular formula is C17H22. The zero-order chi connectivity index (χ0) is 12.4. The van der Waals surface area contributed by atoms with Crippen LogP contribution in [0.4, 0.5) is 0 Å². The van der Waals surface area contributed by atoms with Crippen molar-refractivity contribution in [1.82, 2.24) is 0 Å². The van der Waals surface area contributed by atoms with Gasteiger partial charge in [0.25, 0.3) is 0 Å². The summed E-state index contributed by atoms with van der Waals surface area (Å²) in [6, 6.07) is 9.46. The topological polar surface area (TPSA) is 0 Å². The molecule has 0 saturated carbocycles.